The molecule has 0 spiro atoms. The van der Waals surface area contributed by atoms with Gasteiger partial charge in [-0.15, -0.1) is 0 Å². The van der Waals surface area contributed by atoms with Crippen LogP contribution in [0.25, 0.3) is 11.1 Å². The summed E-state index contributed by atoms with van der Waals surface area (Å²) in [4.78, 5) is 4.00. The van der Waals surface area contributed by atoms with E-state index in [1.165, 1.54) is 0 Å². The van der Waals surface area contributed by atoms with Crippen molar-refractivity contribution in [2.24, 2.45) is 0 Å². The van der Waals surface area contributed by atoms with Gasteiger partial charge in [-0.1, -0.05) is 23.2 Å². The lowest BCUT2D eigenvalue weighted by molar-refractivity contribution is 1.33. The third kappa shape index (κ3) is 2.22. The van der Waals surface area contributed by atoms with Crippen molar-refractivity contribution in [3.8, 4) is 11.1 Å². The highest BCUT2D eigenvalue weighted by Gasteiger charge is 2.04. The summed E-state index contributed by atoms with van der Waals surface area (Å²) in [6, 6.07) is 7.10. The van der Waals surface area contributed by atoms with Crippen LogP contribution in [0, 0.1) is 0 Å². The molecule has 0 bridgehead atoms. The molecule has 2 N–H and O–H groups in total. The fourth-order valence-electron chi connectivity index (χ4n) is 1.32. The van der Waals surface area contributed by atoms with Gasteiger partial charge in [-0.3, -0.25) is 4.98 Å². The first-order chi connectivity index (χ1) is 7.16. The van der Waals surface area contributed by atoms with Crippen molar-refractivity contribution in [1.29, 1.82) is 0 Å². The Labute approximate surface area is 97.7 Å². The highest BCUT2D eigenvalue weighted by molar-refractivity contribution is 6.35. The van der Waals surface area contributed by atoms with E-state index >= 15 is 0 Å². The topological polar surface area (TPSA) is 38.9 Å². The van der Waals surface area contributed by atoms with Crippen molar-refractivity contribution >= 4 is 28.9 Å². The van der Waals surface area contributed by atoms with Gasteiger partial charge in [-0.2, -0.15) is 0 Å². The standard InChI is InChI=1S/C11H8Cl2N2/c12-8-1-2-11(13)10(4-8)7-3-9(14)6-15-5-7/h1-6H,14H2. The molecule has 0 aliphatic rings. The van der Waals surface area contributed by atoms with E-state index in [2.05, 4.69) is 4.98 Å². The van der Waals surface area contributed by atoms with E-state index in [1.54, 1.807) is 30.6 Å². The zero-order valence-electron chi connectivity index (χ0n) is 7.74. The number of rotatable bonds is 1. The monoisotopic (exact) mass is 238 g/mol. The third-order valence-corrected chi connectivity index (χ3v) is 2.56. The molecule has 76 valence electrons. The second-order valence-corrected chi connectivity index (χ2v) is 3.97. The molecule has 0 aliphatic carbocycles. The Kier molecular flexibility index (Phi) is 2.80. The summed E-state index contributed by atoms with van der Waals surface area (Å²) in [6.07, 6.45) is 3.29. The zero-order chi connectivity index (χ0) is 10.8. The van der Waals surface area contributed by atoms with Crippen LogP contribution in [0.2, 0.25) is 10.0 Å². The van der Waals surface area contributed by atoms with Crippen LogP contribution in [0.15, 0.2) is 36.7 Å². The van der Waals surface area contributed by atoms with E-state index in [0.29, 0.717) is 15.7 Å². The van der Waals surface area contributed by atoms with Gasteiger partial charge in [-0.05, 0) is 24.3 Å². The Morgan fingerprint density at radius 3 is 2.60 bits per heavy atom. The molecule has 4 heteroatoms. The Morgan fingerprint density at radius 1 is 1.07 bits per heavy atom. The molecule has 1 aromatic heterocycles. The first kappa shape index (κ1) is 10.3. The molecular weight excluding hydrogens is 231 g/mol. The Hall–Kier alpha value is -1.25. The number of hydrogen-bond donors (Lipinski definition) is 1. The normalized spacial score (nSPS) is 10.3. The molecule has 0 fully saturated rings. The predicted molar refractivity (Wildman–Crippen MR) is 64.1 cm³/mol. The lowest BCUT2D eigenvalue weighted by atomic mass is 10.1. The second kappa shape index (κ2) is 4.09. The van der Waals surface area contributed by atoms with Crippen molar-refractivity contribution < 1.29 is 0 Å². The molecule has 2 rings (SSSR count). The molecule has 0 radical (unpaired) electrons. The Balaban J connectivity index is 2.58. The van der Waals surface area contributed by atoms with Gasteiger partial charge in [0.05, 0.1) is 5.69 Å². The van der Waals surface area contributed by atoms with E-state index in [-0.39, 0.29) is 0 Å². The summed E-state index contributed by atoms with van der Waals surface area (Å²) in [5.74, 6) is 0. The Bertz CT molecular complexity index is 498. The fourth-order valence-corrected chi connectivity index (χ4v) is 1.72. The molecule has 0 saturated carbocycles. The Morgan fingerprint density at radius 2 is 1.87 bits per heavy atom. The highest BCUT2D eigenvalue weighted by Crippen LogP contribution is 2.30. The van der Waals surface area contributed by atoms with Crippen molar-refractivity contribution in [2.45, 2.75) is 0 Å². The number of benzene rings is 1. The molecule has 0 saturated heterocycles. The van der Waals surface area contributed by atoms with E-state index in [4.69, 9.17) is 28.9 Å². The number of nitrogens with zero attached hydrogens (tertiary/aromatic N) is 1. The van der Waals surface area contributed by atoms with E-state index in [0.717, 1.165) is 11.1 Å². The summed E-state index contributed by atoms with van der Waals surface area (Å²) in [6.45, 7) is 0. The van der Waals surface area contributed by atoms with Crippen molar-refractivity contribution in [2.75, 3.05) is 5.73 Å². The van der Waals surface area contributed by atoms with Crippen molar-refractivity contribution in [3.05, 3.63) is 46.7 Å². The minimum atomic E-state index is 0.601. The van der Waals surface area contributed by atoms with E-state index in [9.17, 15) is 0 Å². The molecule has 0 unspecified atom stereocenters. The fraction of sp³-hybridized carbons (Fsp3) is 0. The van der Waals surface area contributed by atoms with Crippen molar-refractivity contribution in [1.82, 2.24) is 4.98 Å². The number of nitrogens with two attached hydrogens (primary N) is 1. The van der Waals surface area contributed by atoms with Crippen LogP contribution in [0.1, 0.15) is 0 Å². The molecule has 2 nitrogen and oxygen atoms in total. The summed E-state index contributed by atoms with van der Waals surface area (Å²) in [7, 11) is 0. The van der Waals surface area contributed by atoms with E-state index < -0.39 is 0 Å². The summed E-state index contributed by atoms with van der Waals surface area (Å²) < 4.78 is 0. The van der Waals surface area contributed by atoms with Crippen LogP contribution in [0.4, 0.5) is 5.69 Å². The third-order valence-electron chi connectivity index (χ3n) is 2.00. The summed E-state index contributed by atoms with van der Waals surface area (Å²) in [5, 5.41) is 1.27. The molecule has 0 atom stereocenters. The predicted octanol–water partition coefficient (Wildman–Crippen LogP) is 3.64. The van der Waals surface area contributed by atoms with Gasteiger partial charge < -0.3 is 5.73 Å². The molecule has 1 aromatic carbocycles. The van der Waals surface area contributed by atoms with Gasteiger partial charge >= 0.3 is 0 Å². The maximum Gasteiger partial charge on any atom is 0.0506 e. The molecule has 0 amide bonds. The lowest BCUT2D eigenvalue weighted by Gasteiger charge is -2.05. The quantitative estimate of drug-likeness (QED) is 0.825. The number of aromatic nitrogens is 1. The zero-order valence-corrected chi connectivity index (χ0v) is 9.26. The van der Waals surface area contributed by atoms with Gasteiger partial charge in [-0.25, -0.2) is 0 Å². The van der Waals surface area contributed by atoms with Crippen LogP contribution in [0.3, 0.4) is 0 Å². The summed E-state index contributed by atoms with van der Waals surface area (Å²) >= 11 is 12.0. The lowest BCUT2D eigenvalue weighted by Crippen LogP contribution is -1.88. The van der Waals surface area contributed by atoms with Crippen LogP contribution < -0.4 is 5.73 Å². The minimum Gasteiger partial charge on any atom is -0.397 e. The molecule has 1 heterocycles. The second-order valence-electron chi connectivity index (χ2n) is 3.13. The van der Waals surface area contributed by atoms with Gasteiger partial charge in [0.2, 0.25) is 0 Å². The SMILES string of the molecule is Nc1cncc(-c2cc(Cl)ccc2Cl)c1. The van der Waals surface area contributed by atoms with Crippen LogP contribution in [-0.2, 0) is 0 Å². The largest absolute Gasteiger partial charge is 0.397 e. The van der Waals surface area contributed by atoms with Gasteiger partial charge in [0.25, 0.3) is 0 Å². The smallest absolute Gasteiger partial charge is 0.0506 e. The highest BCUT2D eigenvalue weighted by atomic mass is 35.5. The van der Waals surface area contributed by atoms with E-state index in [1.807, 2.05) is 6.07 Å². The minimum absolute atomic E-state index is 0.601. The van der Waals surface area contributed by atoms with Crippen molar-refractivity contribution in [3.63, 3.8) is 0 Å². The number of pyridine rings is 1. The molecule has 0 aliphatic heterocycles. The van der Waals surface area contributed by atoms with Crippen LogP contribution in [0.5, 0.6) is 0 Å². The molecular formula is C11H8Cl2N2. The van der Waals surface area contributed by atoms with Gasteiger partial charge in [0.1, 0.15) is 0 Å². The number of halogens is 2. The number of anilines is 1. The molecule has 15 heavy (non-hydrogen) atoms. The average Bonchev–Trinajstić information content (AvgIpc) is 2.22. The average molecular weight is 239 g/mol. The van der Waals surface area contributed by atoms with Gasteiger partial charge in [0, 0.05) is 33.6 Å². The maximum atomic E-state index is 6.06. The van der Waals surface area contributed by atoms with Crippen LogP contribution in [-0.4, -0.2) is 4.98 Å². The number of nitrogen functional groups attached to an aromatic ring is 1. The maximum absolute atomic E-state index is 6.06. The first-order valence-electron chi connectivity index (χ1n) is 4.33. The number of hydrogen-bond acceptors (Lipinski definition) is 2. The first-order valence-corrected chi connectivity index (χ1v) is 5.08. The van der Waals surface area contributed by atoms with Gasteiger partial charge in [0.15, 0.2) is 0 Å². The summed E-state index contributed by atoms with van der Waals surface area (Å²) in [5.41, 5.74) is 7.95. The molecule has 2 aromatic rings. The van der Waals surface area contributed by atoms with Crippen LogP contribution >= 0.6 is 23.2 Å².